The first-order valence-corrected chi connectivity index (χ1v) is 9.50. The Morgan fingerprint density at radius 2 is 1.72 bits per heavy atom. The monoisotopic (exact) mass is 405 g/mol. The topological polar surface area (TPSA) is 85.6 Å². The summed E-state index contributed by atoms with van der Waals surface area (Å²) in [5.74, 6) is -1.33. The normalized spacial score (nSPS) is 10.7. The molecule has 1 N–H and O–H groups in total. The Morgan fingerprint density at radius 3 is 2.48 bits per heavy atom. The van der Waals surface area contributed by atoms with Crippen LogP contribution in [-0.4, -0.2) is 19.0 Å². The van der Waals surface area contributed by atoms with Crippen molar-refractivity contribution in [2.75, 3.05) is 12.4 Å². The van der Waals surface area contributed by atoms with Gasteiger partial charge in [0.1, 0.15) is 10.5 Å². The summed E-state index contributed by atoms with van der Waals surface area (Å²) in [5.41, 5.74) is 1.19. The molecule has 2 aromatic carbocycles. The lowest BCUT2D eigenvalue weighted by molar-refractivity contribution is 0.0607. The summed E-state index contributed by atoms with van der Waals surface area (Å²) in [6.07, 6.45) is 0. The Hall–Kier alpha value is -3.71. The molecule has 0 bridgehead atoms. The minimum absolute atomic E-state index is 0.142. The van der Waals surface area contributed by atoms with Gasteiger partial charge in [-0.3, -0.25) is 9.59 Å². The predicted molar refractivity (Wildman–Crippen MR) is 112 cm³/mol. The average Bonchev–Trinajstić information content (AvgIpc) is 3.17. The third-order valence-corrected chi connectivity index (χ3v) is 5.43. The Bertz CT molecular complexity index is 1270. The highest BCUT2D eigenvalue weighted by Gasteiger charge is 2.21. The first kappa shape index (κ1) is 18.6. The van der Waals surface area contributed by atoms with Crippen molar-refractivity contribution < 1.29 is 18.7 Å². The van der Waals surface area contributed by atoms with Gasteiger partial charge in [-0.05, 0) is 23.8 Å². The molecule has 0 atom stereocenters. The van der Waals surface area contributed by atoms with E-state index in [-0.39, 0.29) is 16.1 Å². The van der Waals surface area contributed by atoms with Gasteiger partial charge in [-0.25, -0.2) is 4.79 Å². The van der Waals surface area contributed by atoms with Gasteiger partial charge in [-0.15, -0.1) is 11.3 Å². The Kier molecular flexibility index (Phi) is 4.97. The van der Waals surface area contributed by atoms with Crippen LogP contribution in [0, 0.1) is 0 Å². The van der Waals surface area contributed by atoms with E-state index in [0.29, 0.717) is 16.7 Å². The van der Waals surface area contributed by atoms with Crippen molar-refractivity contribution in [3.63, 3.8) is 0 Å². The summed E-state index contributed by atoms with van der Waals surface area (Å²) in [5, 5.41) is 3.05. The van der Waals surface area contributed by atoms with Crippen LogP contribution in [0.4, 0.5) is 5.69 Å². The molecule has 0 aliphatic heterocycles. The van der Waals surface area contributed by atoms with E-state index in [1.165, 1.54) is 18.4 Å². The molecule has 0 spiro atoms. The van der Waals surface area contributed by atoms with Crippen molar-refractivity contribution >= 4 is 39.9 Å². The third kappa shape index (κ3) is 3.68. The zero-order chi connectivity index (χ0) is 20.4. The number of amides is 1. The number of hydrogen-bond donors (Lipinski definition) is 1. The second-order valence-electron chi connectivity index (χ2n) is 6.14. The number of carbonyl (C=O) groups excluding carboxylic acids is 2. The van der Waals surface area contributed by atoms with Crippen LogP contribution in [0.1, 0.15) is 20.2 Å². The van der Waals surface area contributed by atoms with Crippen molar-refractivity contribution in [2.24, 2.45) is 0 Å². The molecule has 6 nitrogen and oxygen atoms in total. The van der Waals surface area contributed by atoms with Gasteiger partial charge in [0.25, 0.3) is 5.91 Å². The standard InChI is InChI=1S/C22H15NO5S/c1-27-22(26)20-15(11-19(29-20)13-7-3-2-4-8-13)23-21(25)18-12-16(24)14-9-5-6-10-17(14)28-18/h2-12H,1H3,(H,23,25). The van der Waals surface area contributed by atoms with Gasteiger partial charge in [-0.2, -0.15) is 0 Å². The van der Waals surface area contributed by atoms with Crippen LogP contribution in [0.2, 0.25) is 0 Å². The lowest BCUT2D eigenvalue weighted by atomic mass is 10.2. The zero-order valence-electron chi connectivity index (χ0n) is 15.3. The van der Waals surface area contributed by atoms with Crippen molar-refractivity contribution in [2.45, 2.75) is 0 Å². The number of anilines is 1. The molecular weight excluding hydrogens is 390 g/mol. The van der Waals surface area contributed by atoms with Crippen LogP contribution in [0.15, 0.2) is 75.9 Å². The lowest BCUT2D eigenvalue weighted by Gasteiger charge is -2.05. The fraction of sp³-hybridized carbons (Fsp3) is 0.0455. The number of thiophene rings is 1. The van der Waals surface area contributed by atoms with Crippen LogP contribution in [0.3, 0.4) is 0 Å². The van der Waals surface area contributed by atoms with Crippen LogP contribution in [0.25, 0.3) is 21.4 Å². The van der Waals surface area contributed by atoms with E-state index < -0.39 is 11.9 Å². The first-order chi connectivity index (χ1) is 14.1. The molecule has 2 heterocycles. The van der Waals surface area contributed by atoms with Gasteiger partial charge in [-0.1, -0.05) is 42.5 Å². The van der Waals surface area contributed by atoms with E-state index in [1.807, 2.05) is 30.3 Å². The predicted octanol–water partition coefficient (Wildman–Crippen LogP) is 4.56. The number of methoxy groups -OCH3 is 1. The second-order valence-corrected chi connectivity index (χ2v) is 7.19. The number of para-hydroxylation sites is 1. The molecular formula is C22H15NO5S. The smallest absolute Gasteiger partial charge is 0.350 e. The number of nitrogens with one attached hydrogen (secondary N) is 1. The maximum Gasteiger partial charge on any atom is 0.350 e. The summed E-state index contributed by atoms with van der Waals surface area (Å²) < 4.78 is 10.4. The van der Waals surface area contributed by atoms with E-state index in [2.05, 4.69) is 5.32 Å². The average molecular weight is 405 g/mol. The maximum atomic E-state index is 12.7. The molecule has 7 heteroatoms. The van der Waals surface area contributed by atoms with Crippen LogP contribution in [0.5, 0.6) is 0 Å². The van der Waals surface area contributed by atoms with Crippen LogP contribution < -0.4 is 10.7 Å². The van der Waals surface area contributed by atoms with E-state index in [4.69, 9.17) is 9.15 Å². The van der Waals surface area contributed by atoms with Crippen molar-refractivity contribution in [3.05, 3.63) is 87.6 Å². The van der Waals surface area contributed by atoms with Crippen LogP contribution in [-0.2, 0) is 4.74 Å². The van der Waals surface area contributed by atoms with Gasteiger partial charge < -0.3 is 14.5 Å². The van der Waals surface area contributed by atoms with E-state index in [0.717, 1.165) is 16.5 Å². The highest BCUT2D eigenvalue weighted by atomic mass is 32.1. The summed E-state index contributed by atoms with van der Waals surface area (Å²) in [6, 6.07) is 19.0. The molecule has 0 saturated carbocycles. The van der Waals surface area contributed by atoms with Gasteiger partial charge >= 0.3 is 5.97 Å². The minimum atomic E-state index is -0.629. The Morgan fingerprint density at radius 1 is 1.00 bits per heavy atom. The summed E-state index contributed by atoms with van der Waals surface area (Å²) in [6.45, 7) is 0. The molecule has 0 fully saturated rings. The van der Waals surface area contributed by atoms with Gasteiger partial charge in [0.05, 0.1) is 18.2 Å². The van der Waals surface area contributed by atoms with Crippen molar-refractivity contribution in [1.82, 2.24) is 0 Å². The number of hydrogen-bond acceptors (Lipinski definition) is 6. The summed E-state index contributed by atoms with van der Waals surface area (Å²) in [7, 11) is 1.28. The summed E-state index contributed by atoms with van der Waals surface area (Å²) in [4.78, 5) is 38.2. The van der Waals surface area contributed by atoms with Gasteiger partial charge in [0.2, 0.25) is 0 Å². The number of rotatable bonds is 4. The minimum Gasteiger partial charge on any atom is -0.465 e. The van der Waals surface area contributed by atoms with E-state index in [9.17, 15) is 14.4 Å². The van der Waals surface area contributed by atoms with Gasteiger partial charge in [0, 0.05) is 10.9 Å². The van der Waals surface area contributed by atoms with E-state index >= 15 is 0 Å². The van der Waals surface area contributed by atoms with Crippen molar-refractivity contribution in [1.29, 1.82) is 0 Å². The molecule has 2 aromatic heterocycles. The summed E-state index contributed by atoms with van der Waals surface area (Å²) >= 11 is 1.21. The highest BCUT2D eigenvalue weighted by molar-refractivity contribution is 7.18. The quantitative estimate of drug-likeness (QED) is 0.503. The third-order valence-electron chi connectivity index (χ3n) is 4.27. The number of esters is 1. The number of ether oxygens (including phenoxy) is 1. The number of benzene rings is 2. The second kappa shape index (κ2) is 7.73. The molecule has 0 saturated heterocycles. The molecule has 0 aliphatic rings. The lowest BCUT2D eigenvalue weighted by Crippen LogP contribution is -2.16. The molecule has 1 amide bonds. The molecule has 0 radical (unpaired) electrons. The van der Waals surface area contributed by atoms with Gasteiger partial charge in [0.15, 0.2) is 11.2 Å². The maximum absolute atomic E-state index is 12.7. The first-order valence-electron chi connectivity index (χ1n) is 8.68. The highest BCUT2D eigenvalue weighted by Crippen LogP contribution is 2.35. The van der Waals surface area contributed by atoms with E-state index in [1.54, 1.807) is 30.3 Å². The van der Waals surface area contributed by atoms with Crippen LogP contribution >= 0.6 is 11.3 Å². The molecule has 0 unspecified atom stereocenters. The number of fused-ring (bicyclic) bond motifs is 1. The fourth-order valence-corrected chi connectivity index (χ4v) is 3.91. The largest absolute Gasteiger partial charge is 0.465 e. The number of carbonyl (C=O) groups is 2. The Labute approximate surface area is 169 Å². The molecule has 144 valence electrons. The zero-order valence-corrected chi connectivity index (χ0v) is 16.1. The molecule has 29 heavy (non-hydrogen) atoms. The SMILES string of the molecule is COC(=O)c1sc(-c2ccccc2)cc1NC(=O)c1cc(=O)c2ccccc2o1. The molecule has 0 aliphatic carbocycles. The Balaban J connectivity index is 1.71. The van der Waals surface area contributed by atoms with Crippen molar-refractivity contribution in [3.8, 4) is 10.4 Å². The molecule has 4 aromatic rings. The molecule has 4 rings (SSSR count). The fourth-order valence-electron chi connectivity index (χ4n) is 2.87.